The van der Waals surface area contributed by atoms with E-state index in [1.165, 1.54) is 0 Å². The lowest BCUT2D eigenvalue weighted by atomic mass is 10.1. The molecule has 0 spiro atoms. The molecule has 0 aliphatic carbocycles. The molecule has 7 heteroatoms. The number of hydrogen-bond donors (Lipinski definition) is 2. The van der Waals surface area contributed by atoms with Crippen LogP contribution in [0.2, 0.25) is 0 Å². The zero-order valence-corrected chi connectivity index (χ0v) is 11.7. The van der Waals surface area contributed by atoms with Crippen LogP contribution in [0.5, 0.6) is 0 Å². The van der Waals surface area contributed by atoms with Crippen LogP contribution in [-0.4, -0.2) is 21.5 Å². The molecule has 2 aromatic rings. The zero-order chi connectivity index (χ0) is 15.6. The van der Waals surface area contributed by atoms with Crippen LogP contribution in [0.3, 0.4) is 0 Å². The number of aliphatic hydroxyl groups is 1. The Balaban J connectivity index is 2.15. The Bertz CT molecular complexity index is 619. The highest BCUT2D eigenvalue weighted by Gasteiger charge is 2.17. The molecule has 0 aliphatic rings. The molecule has 0 fully saturated rings. The highest BCUT2D eigenvalue weighted by atomic mass is 19.2. The van der Waals surface area contributed by atoms with Crippen LogP contribution < -0.4 is 5.32 Å². The van der Waals surface area contributed by atoms with Gasteiger partial charge in [0.25, 0.3) is 0 Å². The van der Waals surface area contributed by atoms with Gasteiger partial charge in [-0.2, -0.15) is 5.10 Å². The molecule has 1 unspecified atom stereocenters. The van der Waals surface area contributed by atoms with Crippen LogP contribution in [0, 0.1) is 24.4 Å². The highest BCUT2D eigenvalue weighted by molar-refractivity contribution is 5.23. The van der Waals surface area contributed by atoms with Gasteiger partial charge in [0.15, 0.2) is 17.5 Å². The normalized spacial score (nSPS) is 12.7. The number of aliphatic hydroxyl groups excluding tert-OH is 1. The standard InChI is InChI=1S/C14H16F3N3O/c1-8-10(6-19-20(8)2)5-18-13(7-21)9-3-11(15)14(17)12(16)4-9/h3-4,6,13,18,21H,5,7H2,1-2H3. The van der Waals surface area contributed by atoms with Crippen LogP contribution in [0.15, 0.2) is 18.3 Å². The van der Waals surface area contributed by atoms with Crippen molar-refractivity contribution in [3.63, 3.8) is 0 Å². The Morgan fingerprint density at radius 3 is 2.38 bits per heavy atom. The van der Waals surface area contributed by atoms with E-state index in [0.717, 1.165) is 23.4 Å². The summed E-state index contributed by atoms with van der Waals surface area (Å²) >= 11 is 0. The highest BCUT2D eigenvalue weighted by Crippen LogP contribution is 2.20. The summed E-state index contributed by atoms with van der Waals surface area (Å²) in [6, 6.07) is 1.05. The molecule has 0 bridgehead atoms. The largest absolute Gasteiger partial charge is 0.394 e. The molecule has 0 amide bonds. The van der Waals surface area contributed by atoms with Crippen molar-refractivity contribution in [3.05, 3.63) is 52.6 Å². The van der Waals surface area contributed by atoms with Gasteiger partial charge in [0.2, 0.25) is 0 Å². The van der Waals surface area contributed by atoms with E-state index in [-0.39, 0.29) is 12.2 Å². The van der Waals surface area contributed by atoms with E-state index in [1.807, 2.05) is 6.92 Å². The van der Waals surface area contributed by atoms with Gasteiger partial charge in [-0.1, -0.05) is 0 Å². The molecular formula is C14H16F3N3O. The molecule has 4 nitrogen and oxygen atoms in total. The number of aryl methyl sites for hydroxylation is 1. The van der Waals surface area contributed by atoms with Crippen LogP contribution in [0.4, 0.5) is 13.2 Å². The van der Waals surface area contributed by atoms with Crippen molar-refractivity contribution in [2.24, 2.45) is 7.05 Å². The predicted molar refractivity (Wildman–Crippen MR) is 70.9 cm³/mol. The number of rotatable bonds is 5. The third kappa shape index (κ3) is 3.25. The Labute approximate surface area is 120 Å². The van der Waals surface area contributed by atoms with Crippen molar-refractivity contribution in [1.29, 1.82) is 0 Å². The quantitative estimate of drug-likeness (QED) is 0.830. The van der Waals surface area contributed by atoms with Crippen molar-refractivity contribution in [3.8, 4) is 0 Å². The Morgan fingerprint density at radius 1 is 1.29 bits per heavy atom. The summed E-state index contributed by atoms with van der Waals surface area (Å²) in [5, 5.41) is 16.4. The molecule has 0 aliphatic heterocycles. The van der Waals surface area contributed by atoms with E-state index >= 15 is 0 Å². The lowest BCUT2D eigenvalue weighted by Crippen LogP contribution is -2.24. The van der Waals surface area contributed by atoms with Crippen LogP contribution >= 0.6 is 0 Å². The fourth-order valence-corrected chi connectivity index (χ4v) is 2.01. The average molecular weight is 299 g/mol. The molecule has 114 valence electrons. The maximum absolute atomic E-state index is 13.2. The number of nitrogens with zero attached hydrogens (tertiary/aromatic N) is 2. The summed E-state index contributed by atoms with van der Waals surface area (Å²) in [6.07, 6.45) is 1.67. The zero-order valence-electron chi connectivity index (χ0n) is 11.7. The predicted octanol–water partition coefficient (Wildman–Crippen LogP) is 1.97. The van der Waals surface area contributed by atoms with Crippen molar-refractivity contribution < 1.29 is 18.3 Å². The Hall–Kier alpha value is -1.86. The summed E-state index contributed by atoms with van der Waals surface area (Å²) in [4.78, 5) is 0. The van der Waals surface area contributed by atoms with Gasteiger partial charge in [-0.15, -0.1) is 0 Å². The summed E-state index contributed by atoms with van der Waals surface area (Å²) in [5.74, 6) is -4.07. The van der Waals surface area contributed by atoms with Gasteiger partial charge in [-0.3, -0.25) is 4.68 Å². The van der Waals surface area contributed by atoms with Crippen LogP contribution in [0.1, 0.15) is 22.9 Å². The minimum Gasteiger partial charge on any atom is -0.394 e. The van der Waals surface area contributed by atoms with Gasteiger partial charge in [-0.05, 0) is 24.6 Å². The first kappa shape index (κ1) is 15.5. The topological polar surface area (TPSA) is 50.1 Å². The lowest BCUT2D eigenvalue weighted by molar-refractivity contribution is 0.242. The summed E-state index contributed by atoms with van der Waals surface area (Å²) < 4.78 is 41.1. The molecule has 1 aromatic heterocycles. The monoisotopic (exact) mass is 299 g/mol. The average Bonchev–Trinajstić information content (AvgIpc) is 2.77. The van der Waals surface area contributed by atoms with E-state index in [1.54, 1.807) is 17.9 Å². The molecule has 1 aromatic carbocycles. The molecule has 2 rings (SSSR count). The third-order valence-corrected chi connectivity index (χ3v) is 3.47. The molecular weight excluding hydrogens is 283 g/mol. The van der Waals surface area contributed by atoms with Gasteiger partial charge in [0.05, 0.1) is 18.8 Å². The van der Waals surface area contributed by atoms with Crippen molar-refractivity contribution in [2.75, 3.05) is 6.61 Å². The van der Waals surface area contributed by atoms with Crippen LogP contribution in [0.25, 0.3) is 0 Å². The number of aromatic nitrogens is 2. The summed E-state index contributed by atoms with van der Waals surface area (Å²) in [6.45, 7) is 1.88. The molecule has 0 radical (unpaired) electrons. The number of benzene rings is 1. The van der Waals surface area contributed by atoms with Crippen molar-refractivity contribution in [2.45, 2.75) is 19.5 Å². The molecule has 1 heterocycles. The maximum Gasteiger partial charge on any atom is 0.194 e. The fourth-order valence-electron chi connectivity index (χ4n) is 2.01. The van der Waals surface area contributed by atoms with Gasteiger partial charge < -0.3 is 10.4 Å². The van der Waals surface area contributed by atoms with Gasteiger partial charge >= 0.3 is 0 Å². The molecule has 21 heavy (non-hydrogen) atoms. The smallest absolute Gasteiger partial charge is 0.194 e. The summed E-state index contributed by atoms with van der Waals surface area (Å²) in [5.41, 5.74) is 1.99. The van der Waals surface area contributed by atoms with Crippen molar-refractivity contribution >= 4 is 0 Å². The van der Waals surface area contributed by atoms with E-state index in [9.17, 15) is 18.3 Å². The Morgan fingerprint density at radius 2 is 1.90 bits per heavy atom. The fraction of sp³-hybridized carbons (Fsp3) is 0.357. The first-order valence-corrected chi connectivity index (χ1v) is 6.40. The molecule has 0 saturated heterocycles. The van der Waals surface area contributed by atoms with Gasteiger partial charge in [0.1, 0.15) is 0 Å². The number of halogens is 3. The van der Waals surface area contributed by atoms with Gasteiger partial charge in [0, 0.05) is 24.8 Å². The number of nitrogens with one attached hydrogen (secondary N) is 1. The second-order valence-electron chi connectivity index (χ2n) is 4.79. The first-order chi connectivity index (χ1) is 9.93. The lowest BCUT2D eigenvalue weighted by Gasteiger charge is -2.17. The SMILES string of the molecule is Cc1c(CNC(CO)c2cc(F)c(F)c(F)c2)cnn1C. The minimum absolute atomic E-state index is 0.149. The minimum atomic E-state index is -1.52. The van der Waals surface area contributed by atoms with E-state index < -0.39 is 23.5 Å². The molecule has 0 saturated carbocycles. The second kappa shape index (κ2) is 6.28. The number of hydrogen-bond acceptors (Lipinski definition) is 3. The second-order valence-corrected chi connectivity index (χ2v) is 4.79. The van der Waals surface area contributed by atoms with E-state index in [0.29, 0.717) is 6.54 Å². The third-order valence-electron chi connectivity index (χ3n) is 3.47. The van der Waals surface area contributed by atoms with E-state index in [4.69, 9.17) is 0 Å². The van der Waals surface area contributed by atoms with E-state index in [2.05, 4.69) is 10.4 Å². The Kier molecular flexibility index (Phi) is 4.64. The van der Waals surface area contributed by atoms with Gasteiger partial charge in [-0.25, -0.2) is 13.2 Å². The first-order valence-electron chi connectivity index (χ1n) is 6.40. The van der Waals surface area contributed by atoms with Crippen LogP contribution in [-0.2, 0) is 13.6 Å². The summed E-state index contributed by atoms with van der Waals surface area (Å²) in [7, 11) is 1.80. The molecule has 2 N–H and O–H groups in total. The maximum atomic E-state index is 13.2. The van der Waals surface area contributed by atoms with Crippen molar-refractivity contribution in [1.82, 2.24) is 15.1 Å². The molecule has 1 atom stereocenters.